The van der Waals surface area contributed by atoms with Crippen molar-refractivity contribution in [3.05, 3.63) is 35.4 Å². The minimum Gasteiger partial charge on any atom is -0.355 e. The van der Waals surface area contributed by atoms with E-state index in [1.54, 1.807) is 0 Å². The van der Waals surface area contributed by atoms with Crippen LogP contribution < -0.4 is 10.6 Å². The van der Waals surface area contributed by atoms with Gasteiger partial charge in [-0.1, -0.05) is 29.8 Å². The second-order valence-electron chi connectivity index (χ2n) is 5.19. The summed E-state index contributed by atoms with van der Waals surface area (Å²) in [6.45, 7) is 4.85. The molecule has 1 aromatic carbocycles. The third-order valence-corrected chi connectivity index (χ3v) is 3.34. The monoisotopic (exact) mass is 298 g/mol. The average molecular weight is 299 g/mol. The van der Waals surface area contributed by atoms with Gasteiger partial charge in [-0.2, -0.15) is 0 Å². The fourth-order valence-corrected chi connectivity index (χ4v) is 1.83. The van der Waals surface area contributed by atoms with E-state index in [4.69, 9.17) is 0 Å². The number of aryl methyl sites for hydroxylation is 2. The Morgan fingerprint density at radius 2 is 1.85 bits per heavy atom. The van der Waals surface area contributed by atoms with Gasteiger partial charge in [0.25, 0.3) is 0 Å². The molecule has 2 N–H and O–H groups in total. The van der Waals surface area contributed by atoms with Crippen molar-refractivity contribution in [3.63, 3.8) is 0 Å². The van der Waals surface area contributed by atoms with E-state index in [1.807, 2.05) is 7.05 Å². The molecule has 1 rings (SSSR count). The number of amides is 1. The number of carbonyl (C=O) groups is 1. The second kappa shape index (κ2) is 10.7. The lowest BCUT2D eigenvalue weighted by Gasteiger charge is -2.11. The molecule has 0 aromatic heterocycles. The summed E-state index contributed by atoms with van der Waals surface area (Å²) in [5.41, 5.74) is 2.65. The Labute approximate surface area is 128 Å². The zero-order valence-electron chi connectivity index (χ0n) is 12.7. The summed E-state index contributed by atoms with van der Waals surface area (Å²) in [5.74, 6) is 0.158. The van der Waals surface area contributed by atoms with Crippen LogP contribution >= 0.6 is 12.4 Å². The summed E-state index contributed by atoms with van der Waals surface area (Å²) in [6.07, 6.45) is 3.70. The van der Waals surface area contributed by atoms with Crippen LogP contribution in [0.15, 0.2) is 24.3 Å². The smallest absolute Gasteiger partial charge is 0.220 e. The molecule has 4 heteroatoms. The van der Waals surface area contributed by atoms with Gasteiger partial charge >= 0.3 is 0 Å². The molecule has 0 radical (unpaired) electrons. The maximum atomic E-state index is 11.6. The highest BCUT2D eigenvalue weighted by atomic mass is 35.5. The Kier molecular flexibility index (Phi) is 10.1. The van der Waals surface area contributed by atoms with Crippen LogP contribution in [-0.2, 0) is 11.2 Å². The minimum atomic E-state index is 0. The Hall–Kier alpha value is -1.06. The molecule has 3 nitrogen and oxygen atoms in total. The summed E-state index contributed by atoms with van der Waals surface area (Å²) in [4.78, 5) is 11.6. The molecule has 1 atom stereocenters. The van der Waals surface area contributed by atoms with Gasteiger partial charge in [-0.3, -0.25) is 4.79 Å². The van der Waals surface area contributed by atoms with Crippen molar-refractivity contribution in [2.75, 3.05) is 13.6 Å². The van der Waals surface area contributed by atoms with E-state index in [9.17, 15) is 4.79 Å². The molecule has 0 fully saturated rings. The first-order chi connectivity index (χ1) is 9.11. The summed E-state index contributed by atoms with van der Waals surface area (Å²) < 4.78 is 0. The van der Waals surface area contributed by atoms with E-state index in [2.05, 4.69) is 48.7 Å². The maximum Gasteiger partial charge on any atom is 0.220 e. The molecule has 0 spiro atoms. The molecule has 0 saturated carbocycles. The van der Waals surface area contributed by atoms with Crippen molar-refractivity contribution in [2.24, 2.45) is 0 Å². The van der Waals surface area contributed by atoms with E-state index < -0.39 is 0 Å². The Morgan fingerprint density at radius 1 is 1.20 bits per heavy atom. The molecule has 0 saturated heterocycles. The summed E-state index contributed by atoms with van der Waals surface area (Å²) >= 11 is 0. The van der Waals surface area contributed by atoms with Crippen LogP contribution in [0.1, 0.15) is 37.3 Å². The van der Waals surface area contributed by atoms with Crippen molar-refractivity contribution in [1.29, 1.82) is 0 Å². The average Bonchev–Trinajstić information content (AvgIpc) is 2.42. The van der Waals surface area contributed by atoms with Gasteiger partial charge in [0.2, 0.25) is 5.91 Å². The molecule has 20 heavy (non-hydrogen) atoms. The van der Waals surface area contributed by atoms with Crippen LogP contribution in [0.4, 0.5) is 0 Å². The van der Waals surface area contributed by atoms with E-state index in [0.29, 0.717) is 19.0 Å². The van der Waals surface area contributed by atoms with Crippen LogP contribution in [0.5, 0.6) is 0 Å². The number of hydrogen-bond donors (Lipinski definition) is 2. The van der Waals surface area contributed by atoms with Crippen LogP contribution in [0.25, 0.3) is 0 Å². The summed E-state index contributed by atoms with van der Waals surface area (Å²) in [6, 6.07) is 8.95. The van der Waals surface area contributed by atoms with E-state index in [-0.39, 0.29) is 18.3 Å². The van der Waals surface area contributed by atoms with Crippen LogP contribution in [0.3, 0.4) is 0 Å². The number of benzene rings is 1. The number of nitrogens with one attached hydrogen (secondary N) is 2. The first-order valence-corrected chi connectivity index (χ1v) is 7.11. The van der Waals surface area contributed by atoms with Crippen LogP contribution in [-0.4, -0.2) is 25.5 Å². The molecule has 0 bridgehead atoms. The number of likely N-dealkylation sites (N-methyl/N-ethyl adjacent to an activating group) is 1. The second-order valence-corrected chi connectivity index (χ2v) is 5.19. The molecule has 1 aromatic rings. The Balaban J connectivity index is 0.00000361. The normalized spacial score (nSPS) is 11.6. The molecule has 0 aliphatic heterocycles. The SMILES string of the molecule is CNC(C)CNC(=O)CCCCc1ccc(C)cc1.Cl. The molecule has 0 heterocycles. The number of carbonyl (C=O) groups excluding carboxylic acids is 1. The quantitative estimate of drug-likeness (QED) is 0.725. The molecular weight excluding hydrogens is 272 g/mol. The topological polar surface area (TPSA) is 41.1 Å². The molecule has 0 aliphatic rings. The van der Waals surface area contributed by atoms with Gasteiger partial charge in [0.05, 0.1) is 0 Å². The number of hydrogen-bond acceptors (Lipinski definition) is 2. The molecule has 1 unspecified atom stereocenters. The molecular formula is C16H27ClN2O. The third kappa shape index (κ3) is 8.18. The van der Waals surface area contributed by atoms with Gasteiger partial charge < -0.3 is 10.6 Å². The first kappa shape index (κ1) is 18.9. The molecule has 0 aliphatic carbocycles. The molecule has 114 valence electrons. The summed E-state index contributed by atoms with van der Waals surface area (Å²) in [5, 5.41) is 6.04. The predicted molar refractivity (Wildman–Crippen MR) is 87.5 cm³/mol. The molecule has 1 amide bonds. The lowest BCUT2D eigenvalue weighted by molar-refractivity contribution is -0.121. The largest absolute Gasteiger partial charge is 0.355 e. The van der Waals surface area contributed by atoms with Crippen molar-refractivity contribution < 1.29 is 4.79 Å². The maximum absolute atomic E-state index is 11.6. The van der Waals surface area contributed by atoms with E-state index in [0.717, 1.165) is 19.3 Å². The van der Waals surface area contributed by atoms with Crippen molar-refractivity contribution in [3.8, 4) is 0 Å². The van der Waals surface area contributed by atoms with Crippen molar-refractivity contribution in [2.45, 2.75) is 45.6 Å². The third-order valence-electron chi connectivity index (χ3n) is 3.34. The van der Waals surface area contributed by atoms with Gasteiger partial charge in [-0.15, -0.1) is 12.4 Å². The lowest BCUT2D eigenvalue weighted by atomic mass is 10.1. The van der Waals surface area contributed by atoms with Gasteiger partial charge in [0.15, 0.2) is 0 Å². The highest BCUT2D eigenvalue weighted by molar-refractivity contribution is 5.85. The number of rotatable bonds is 8. The highest BCUT2D eigenvalue weighted by Gasteiger charge is 2.03. The standard InChI is InChI=1S/C16H26N2O.ClH/c1-13-8-10-15(11-9-13)6-4-5-7-16(19)18-12-14(2)17-3;/h8-11,14,17H,4-7,12H2,1-3H3,(H,18,19);1H. The van der Waals surface area contributed by atoms with Crippen LogP contribution in [0.2, 0.25) is 0 Å². The number of unbranched alkanes of at least 4 members (excludes halogenated alkanes) is 1. The highest BCUT2D eigenvalue weighted by Crippen LogP contribution is 2.08. The number of halogens is 1. The van der Waals surface area contributed by atoms with Gasteiger partial charge in [-0.05, 0) is 45.7 Å². The van der Waals surface area contributed by atoms with Crippen LogP contribution in [0, 0.1) is 6.92 Å². The first-order valence-electron chi connectivity index (χ1n) is 7.11. The summed E-state index contributed by atoms with van der Waals surface area (Å²) in [7, 11) is 1.90. The van der Waals surface area contributed by atoms with Crippen molar-refractivity contribution >= 4 is 18.3 Å². The Bertz CT molecular complexity index is 379. The van der Waals surface area contributed by atoms with Crippen molar-refractivity contribution in [1.82, 2.24) is 10.6 Å². The van der Waals surface area contributed by atoms with Gasteiger partial charge in [0, 0.05) is 19.0 Å². The zero-order chi connectivity index (χ0) is 14.1. The van der Waals surface area contributed by atoms with Gasteiger partial charge in [-0.25, -0.2) is 0 Å². The predicted octanol–water partition coefficient (Wildman–Crippen LogP) is 2.85. The van der Waals surface area contributed by atoms with E-state index in [1.165, 1.54) is 11.1 Å². The Morgan fingerprint density at radius 3 is 2.45 bits per heavy atom. The fourth-order valence-electron chi connectivity index (χ4n) is 1.83. The fraction of sp³-hybridized carbons (Fsp3) is 0.562. The minimum absolute atomic E-state index is 0. The lowest BCUT2D eigenvalue weighted by Crippen LogP contribution is -2.37. The zero-order valence-corrected chi connectivity index (χ0v) is 13.6. The van der Waals surface area contributed by atoms with Gasteiger partial charge in [0.1, 0.15) is 0 Å². The van der Waals surface area contributed by atoms with E-state index >= 15 is 0 Å².